The van der Waals surface area contributed by atoms with Crippen molar-refractivity contribution in [3.05, 3.63) is 0 Å². The van der Waals surface area contributed by atoms with Gasteiger partial charge < -0.3 is 9.47 Å². The van der Waals surface area contributed by atoms with Crippen LogP contribution in [0.2, 0.25) is 0 Å². The summed E-state index contributed by atoms with van der Waals surface area (Å²) in [6.07, 6.45) is 4.83. The van der Waals surface area contributed by atoms with Gasteiger partial charge in [-0.25, -0.2) is 0 Å². The van der Waals surface area contributed by atoms with Crippen molar-refractivity contribution in [3.63, 3.8) is 0 Å². The molecule has 0 aromatic heterocycles. The van der Waals surface area contributed by atoms with Crippen LogP contribution in [0, 0.1) is 12.3 Å². The van der Waals surface area contributed by atoms with Crippen LogP contribution in [-0.4, -0.2) is 47.1 Å². The van der Waals surface area contributed by atoms with E-state index in [4.69, 9.17) is 11.2 Å². The smallest absolute Gasteiger partial charge is 0.293 e. The average molecular weight is 236 g/mol. The summed E-state index contributed by atoms with van der Waals surface area (Å²) < 4.78 is 35.5. The summed E-state index contributed by atoms with van der Waals surface area (Å²) in [4.78, 5) is 9.70. The Balaban J connectivity index is 3.50. The molecule has 0 aliphatic carbocycles. The van der Waals surface area contributed by atoms with Crippen molar-refractivity contribution in [2.45, 2.75) is 0 Å². The average Bonchev–Trinajstić information content (AvgIpc) is 2.20. The maximum atomic E-state index is 11.0. The molecule has 0 aliphatic rings. The van der Waals surface area contributed by atoms with Gasteiger partial charge in [0.05, 0.1) is 19.0 Å². The summed E-state index contributed by atoms with van der Waals surface area (Å²) in [5, 5.41) is 0. The van der Waals surface area contributed by atoms with Gasteiger partial charge in [0.15, 0.2) is 0 Å². The number of carbonyl (C=O) groups is 1. The number of rotatable bonds is 9. The van der Waals surface area contributed by atoms with E-state index >= 15 is 0 Å². The van der Waals surface area contributed by atoms with Crippen molar-refractivity contribution >= 4 is 16.6 Å². The number of carbonyl (C=O) groups excluding carboxylic acids is 1. The third-order valence-electron chi connectivity index (χ3n) is 1.21. The van der Waals surface area contributed by atoms with Gasteiger partial charge in [0.2, 0.25) is 0 Å². The molecule has 0 fully saturated rings. The first kappa shape index (κ1) is 13.9. The predicted molar refractivity (Wildman–Crippen MR) is 51.4 cm³/mol. The Kier molecular flexibility index (Phi) is 7.62. The first-order chi connectivity index (χ1) is 7.12. The summed E-state index contributed by atoms with van der Waals surface area (Å²) in [7, 11) is -3.61. The highest BCUT2D eigenvalue weighted by atomic mass is 32.2. The molecule has 6 nitrogen and oxygen atoms in total. The predicted octanol–water partition coefficient (Wildman–Crippen LogP) is -0.844. The van der Waals surface area contributed by atoms with Crippen LogP contribution in [0.3, 0.4) is 0 Å². The van der Waals surface area contributed by atoms with Crippen molar-refractivity contribution in [1.29, 1.82) is 0 Å². The van der Waals surface area contributed by atoms with Crippen molar-refractivity contribution in [3.8, 4) is 12.3 Å². The lowest BCUT2D eigenvalue weighted by molar-refractivity contribution is -0.130. The van der Waals surface area contributed by atoms with Crippen LogP contribution in [0.4, 0.5) is 0 Å². The van der Waals surface area contributed by atoms with E-state index in [2.05, 4.69) is 8.92 Å². The fourth-order valence-electron chi connectivity index (χ4n) is 0.601. The highest BCUT2D eigenvalue weighted by Gasteiger charge is 2.09. The molecule has 0 rings (SSSR count). The van der Waals surface area contributed by atoms with Crippen molar-refractivity contribution in [2.24, 2.45) is 0 Å². The summed E-state index contributed by atoms with van der Waals surface area (Å²) in [5.41, 5.74) is 0. The fraction of sp³-hybridized carbons (Fsp3) is 0.625. The van der Waals surface area contributed by atoms with E-state index < -0.39 is 10.1 Å². The van der Waals surface area contributed by atoms with E-state index in [-0.39, 0.29) is 38.7 Å². The third kappa shape index (κ3) is 9.21. The maximum absolute atomic E-state index is 11.0. The summed E-state index contributed by atoms with van der Waals surface area (Å²) in [6.45, 7) is 0.208. The molecule has 0 N–H and O–H groups in total. The SMILES string of the molecule is C#CCOS(=O)(=O)CCOCCOC=O. The molecule has 0 heterocycles. The van der Waals surface area contributed by atoms with Crippen LogP contribution in [0.5, 0.6) is 0 Å². The molecule has 0 bridgehead atoms. The minimum absolute atomic E-state index is 0.0326. The van der Waals surface area contributed by atoms with Gasteiger partial charge in [-0.2, -0.15) is 8.42 Å². The van der Waals surface area contributed by atoms with Crippen LogP contribution < -0.4 is 0 Å². The molecule has 0 radical (unpaired) electrons. The van der Waals surface area contributed by atoms with Crippen LogP contribution in [0.25, 0.3) is 0 Å². The number of hydrogen-bond acceptors (Lipinski definition) is 6. The van der Waals surface area contributed by atoms with E-state index in [1.165, 1.54) is 0 Å². The van der Waals surface area contributed by atoms with Gasteiger partial charge in [-0.05, 0) is 0 Å². The Morgan fingerprint density at radius 2 is 2.00 bits per heavy atom. The molecule has 0 amide bonds. The van der Waals surface area contributed by atoms with Gasteiger partial charge in [-0.3, -0.25) is 8.98 Å². The second kappa shape index (κ2) is 8.23. The monoisotopic (exact) mass is 236 g/mol. The molecular weight excluding hydrogens is 224 g/mol. The lowest BCUT2D eigenvalue weighted by atomic mass is 10.7. The molecule has 0 spiro atoms. The van der Waals surface area contributed by atoms with E-state index in [1.807, 2.05) is 5.92 Å². The van der Waals surface area contributed by atoms with Crippen molar-refractivity contribution in [2.75, 3.05) is 32.2 Å². The van der Waals surface area contributed by atoms with Gasteiger partial charge in [0.25, 0.3) is 16.6 Å². The number of hydrogen-bond donors (Lipinski definition) is 0. The van der Waals surface area contributed by atoms with Crippen LogP contribution in [-0.2, 0) is 28.6 Å². The number of ether oxygens (including phenoxy) is 2. The van der Waals surface area contributed by atoms with Crippen LogP contribution in [0.1, 0.15) is 0 Å². The Hall–Kier alpha value is -1.10. The molecule has 86 valence electrons. The van der Waals surface area contributed by atoms with E-state index in [0.717, 1.165) is 0 Å². The Bertz CT molecular complexity index is 302. The van der Waals surface area contributed by atoms with Gasteiger partial charge >= 0.3 is 0 Å². The normalized spacial score (nSPS) is 10.6. The van der Waals surface area contributed by atoms with Crippen molar-refractivity contribution in [1.82, 2.24) is 0 Å². The highest BCUT2D eigenvalue weighted by molar-refractivity contribution is 7.86. The van der Waals surface area contributed by atoms with Crippen LogP contribution in [0.15, 0.2) is 0 Å². The lowest BCUT2D eigenvalue weighted by Gasteiger charge is -2.04. The molecule has 0 saturated heterocycles. The molecule has 0 saturated carbocycles. The Labute approximate surface area is 88.6 Å². The molecular formula is C8H12O6S. The zero-order valence-corrected chi connectivity index (χ0v) is 8.86. The Morgan fingerprint density at radius 1 is 1.27 bits per heavy atom. The molecule has 0 aromatic carbocycles. The molecule has 0 atom stereocenters. The summed E-state index contributed by atoms with van der Waals surface area (Å²) in [5.74, 6) is 1.76. The summed E-state index contributed by atoms with van der Waals surface area (Å²) >= 11 is 0. The second-order valence-corrected chi connectivity index (χ2v) is 4.07. The molecule has 0 unspecified atom stereocenters. The Morgan fingerprint density at radius 3 is 2.60 bits per heavy atom. The van der Waals surface area contributed by atoms with Gasteiger partial charge in [-0.1, -0.05) is 5.92 Å². The maximum Gasteiger partial charge on any atom is 0.293 e. The highest BCUT2D eigenvalue weighted by Crippen LogP contribution is 1.92. The largest absolute Gasteiger partial charge is 0.465 e. The van der Waals surface area contributed by atoms with E-state index in [9.17, 15) is 13.2 Å². The van der Waals surface area contributed by atoms with Gasteiger partial charge in [-0.15, -0.1) is 6.42 Å². The van der Waals surface area contributed by atoms with E-state index in [0.29, 0.717) is 0 Å². The second-order valence-electron chi connectivity index (χ2n) is 2.31. The molecule has 7 heteroatoms. The third-order valence-corrected chi connectivity index (χ3v) is 2.36. The molecule has 15 heavy (non-hydrogen) atoms. The summed E-state index contributed by atoms with van der Waals surface area (Å²) in [6, 6.07) is 0. The fourth-order valence-corrected chi connectivity index (χ4v) is 1.29. The first-order valence-corrected chi connectivity index (χ1v) is 5.63. The van der Waals surface area contributed by atoms with Gasteiger partial charge in [0, 0.05) is 0 Å². The zero-order valence-electron chi connectivity index (χ0n) is 8.05. The zero-order chi connectivity index (χ0) is 11.6. The van der Waals surface area contributed by atoms with E-state index in [1.54, 1.807) is 0 Å². The minimum Gasteiger partial charge on any atom is -0.465 e. The van der Waals surface area contributed by atoms with Crippen LogP contribution >= 0.6 is 0 Å². The standard InChI is InChI=1S/C8H12O6S/c1-2-3-14-15(10,11)7-6-12-4-5-13-8-9/h1,8H,3-7H2. The quantitative estimate of drug-likeness (QED) is 0.225. The minimum atomic E-state index is -3.61. The van der Waals surface area contributed by atoms with Gasteiger partial charge in [0.1, 0.15) is 13.2 Å². The number of terminal acetylenes is 1. The topological polar surface area (TPSA) is 78.9 Å². The molecule has 0 aliphatic heterocycles. The molecule has 0 aromatic rings. The first-order valence-electron chi connectivity index (χ1n) is 4.06. The van der Waals surface area contributed by atoms with Crippen molar-refractivity contribution < 1.29 is 26.9 Å². The lowest BCUT2D eigenvalue weighted by Crippen LogP contribution is -2.16.